The molecule has 3 amide bonds. The van der Waals surface area contributed by atoms with Gasteiger partial charge in [0.25, 0.3) is 11.8 Å². The van der Waals surface area contributed by atoms with Gasteiger partial charge in [0.2, 0.25) is 27.7 Å². The Morgan fingerprint density at radius 3 is 2.19 bits per heavy atom. The maximum atomic E-state index is 13.9. The number of likely N-dealkylation sites (tertiary alicyclic amines) is 1. The van der Waals surface area contributed by atoms with Gasteiger partial charge >= 0.3 is 0 Å². The first-order valence-electron chi connectivity index (χ1n) is 27.8. The van der Waals surface area contributed by atoms with E-state index in [0.29, 0.717) is 53.0 Å². The van der Waals surface area contributed by atoms with Gasteiger partial charge < -0.3 is 45.2 Å². The third-order valence-corrected chi connectivity index (χ3v) is 17.2. The van der Waals surface area contributed by atoms with Crippen molar-refractivity contribution in [2.45, 2.75) is 71.4 Å². The van der Waals surface area contributed by atoms with Crippen molar-refractivity contribution in [1.82, 2.24) is 44.7 Å². The fourth-order valence-corrected chi connectivity index (χ4v) is 12.5. The van der Waals surface area contributed by atoms with Crippen molar-refractivity contribution in [2.24, 2.45) is 11.8 Å². The number of sulfonamides is 1. The lowest BCUT2D eigenvalue weighted by molar-refractivity contribution is -0.137. The number of hydrogen-bond acceptors (Lipinski definition) is 16. The smallest absolute Gasteiger partial charge is 0.289 e. The Hall–Kier alpha value is -7.82. The molecule has 0 unspecified atom stereocenters. The van der Waals surface area contributed by atoms with Gasteiger partial charge in [-0.1, -0.05) is 31.2 Å². The Balaban J connectivity index is 0.648. The zero-order valence-corrected chi connectivity index (χ0v) is 46.5. The first kappa shape index (κ1) is 54.2. The topological polar surface area (TPSA) is 235 Å². The number of piperazine rings is 1. The Bertz CT molecular complexity index is 3400. The van der Waals surface area contributed by atoms with Crippen LogP contribution in [0.3, 0.4) is 0 Å². The first-order valence-corrected chi connectivity index (χ1v) is 29.7. The van der Waals surface area contributed by atoms with Gasteiger partial charge in [-0.15, -0.1) is 10.2 Å². The average molecular weight is 1110 g/mol. The van der Waals surface area contributed by atoms with E-state index < -0.39 is 10.0 Å². The second-order valence-corrected chi connectivity index (χ2v) is 23.4. The minimum Gasteiger partial charge on any atom is -0.508 e. The minimum atomic E-state index is -3.93. The fraction of sp³-hybridized carbons (Fsp3) is 0.431. The second-order valence-electron chi connectivity index (χ2n) is 21.6. The van der Waals surface area contributed by atoms with Crippen LogP contribution in [0, 0.1) is 11.8 Å². The van der Waals surface area contributed by atoms with Gasteiger partial charge in [-0.3, -0.25) is 23.9 Å². The van der Waals surface area contributed by atoms with Crippen LogP contribution in [-0.4, -0.2) is 161 Å². The summed E-state index contributed by atoms with van der Waals surface area (Å²) in [7, 11) is -2.36. The first-order chi connectivity index (χ1) is 38.6. The van der Waals surface area contributed by atoms with Crippen molar-refractivity contribution in [3.63, 3.8) is 0 Å². The number of phenols is 2. The maximum absolute atomic E-state index is 13.9. The minimum absolute atomic E-state index is 0.00106. The molecule has 4 aromatic carbocycles. The number of carbonyl (C=O) groups excluding carboxylic acids is 3. The highest BCUT2D eigenvalue weighted by Gasteiger charge is 2.37. The Labute approximate surface area is 466 Å². The number of amides is 3. The number of fused-ring (bicyclic) bond motifs is 2. The van der Waals surface area contributed by atoms with Gasteiger partial charge in [-0.2, -0.15) is 4.98 Å². The van der Waals surface area contributed by atoms with Gasteiger partial charge in [-0.25, -0.2) is 17.7 Å². The van der Waals surface area contributed by atoms with Crippen LogP contribution in [0.1, 0.15) is 84.5 Å². The molecule has 80 heavy (non-hydrogen) atoms. The van der Waals surface area contributed by atoms with E-state index in [2.05, 4.69) is 62.5 Å². The van der Waals surface area contributed by atoms with Crippen molar-refractivity contribution in [2.75, 3.05) is 98.2 Å². The van der Waals surface area contributed by atoms with Crippen LogP contribution in [0.2, 0.25) is 0 Å². The molecule has 4 fully saturated rings. The molecule has 0 bridgehead atoms. The summed E-state index contributed by atoms with van der Waals surface area (Å²) in [5.74, 6) is 1.13. The van der Waals surface area contributed by atoms with Crippen molar-refractivity contribution in [3.8, 4) is 34.3 Å². The molecule has 2 aromatic heterocycles. The summed E-state index contributed by atoms with van der Waals surface area (Å²) in [6, 6.07) is 23.6. The lowest BCUT2D eigenvalue weighted by Crippen LogP contribution is -2.49. The number of hydrogen-bond donors (Lipinski definition) is 4. The number of carbonyl (C=O) groups is 3. The van der Waals surface area contributed by atoms with Gasteiger partial charge in [-0.05, 0) is 111 Å². The summed E-state index contributed by atoms with van der Waals surface area (Å²) in [5, 5.41) is 36.2. The lowest BCUT2D eigenvalue weighted by atomic mass is 9.91. The lowest BCUT2D eigenvalue weighted by Gasteiger charge is -2.40. The molecule has 0 atom stereocenters. The highest BCUT2D eigenvalue weighted by atomic mass is 32.2. The van der Waals surface area contributed by atoms with E-state index in [-0.39, 0.29) is 75.7 Å². The van der Waals surface area contributed by atoms with E-state index >= 15 is 0 Å². The highest BCUT2D eigenvalue weighted by Crippen LogP contribution is 2.42. The molecular weight excluding hydrogens is 1040 g/mol. The fourth-order valence-electron chi connectivity index (χ4n) is 11.5. The molecule has 11 rings (SSSR count). The van der Waals surface area contributed by atoms with E-state index in [1.54, 1.807) is 41.9 Å². The van der Waals surface area contributed by atoms with Crippen LogP contribution in [-0.2, 0) is 27.8 Å². The van der Waals surface area contributed by atoms with Crippen LogP contribution in [0.25, 0.3) is 17.1 Å². The van der Waals surface area contributed by atoms with Gasteiger partial charge in [0.05, 0.1) is 41.6 Å². The SMILES string of the molecule is CCOc1cc(N2CCC(C(=O)N3CCC(CN4CCN(Cc5ccc(-n6c(C(=O)NC7CC7)nnc6-c6cc(CC)c(O)cc6O)cc5)CC4)CC3)CC2)ccc1Nc1ncc2c(n1)N(S(C)(=O)=O)c1ccccc1C(=O)N2C. The van der Waals surface area contributed by atoms with Crippen molar-refractivity contribution in [1.29, 1.82) is 0 Å². The third-order valence-electron chi connectivity index (χ3n) is 16.1. The molecule has 1 saturated carbocycles. The summed E-state index contributed by atoms with van der Waals surface area (Å²) >= 11 is 0. The van der Waals surface area contributed by atoms with Crippen LogP contribution in [0.5, 0.6) is 17.2 Å². The van der Waals surface area contributed by atoms with Crippen LogP contribution < -0.4 is 29.5 Å². The largest absolute Gasteiger partial charge is 0.508 e. The molecule has 6 heterocycles. The summed E-state index contributed by atoms with van der Waals surface area (Å²) in [4.78, 5) is 60.7. The Morgan fingerprint density at radius 2 is 1.49 bits per heavy atom. The number of benzene rings is 4. The Morgan fingerprint density at radius 1 is 0.775 bits per heavy atom. The van der Waals surface area contributed by atoms with Gasteiger partial charge in [0.1, 0.15) is 22.9 Å². The van der Waals surface area contributed by atoms with E-state index in [4.69, 9.17) is 4.74 Å². The summed E-state index contributed by atoms with van der Waals surface area (Å²) in [6.07, 6.45) is 8.43. The molecule has 4 aliphatic heterocycles. The number of anilines is 6. The number of aryl methyl sites for hydroxylation is 1. The van der Waals surface area contributed by atoms with Crippen LogP contribution in [0.15, 0.2) is 85.1 Å². The van der Waals surface area contributed by atoms with Gasteiger partial charge in [0.15, 0.2) is 11.6 Å². The number of rotatable bonds is 16. The molecule has 1 aliphatic carbocycles. The van der Waals surface area contributed by atoms with E-state index in [0.717, 1.165) is 126 Å². The molecular formula is C58H69N13O8S. The van der Waals surface area contributed by atoms with E-state index in [9.17, 15) is 33.0 Å². The number of para-hydroxylation sites is 1. The number of aromatic hydroxyl groups is 2. The van der Waals surface area contributed by atoms with Gasteiger partial charge in [0, 0.05) is 108 Å². The van der Waals surface area contributed by atoms with E-state index in [1.807, 2.05) is 44.2 Å². The number of nitrogens with one attached hydrogen (secondary N) is 2. The normalized spacial score (nSPS) is 17.7. The Kier molecular flexibility index (Phi) is 15.4. The number of phenolic OH excluding ortho intramolecular Hbond substituents is 2. The highest BCUT2D eigenvalue weighted by molar-refractivity contribution is 7.92. The second kappa shape index (κ2) is 22.7. The van der Waals surface area contributed by atoms with Crippen molar-refractivity contribution < 1.29 is 37.8 Å². The molecule has 6 aromatic rings. The molecule has 3 saturated heterocycles. The third kappa shape index (κ3) is 11.3. The molecule has 4 N–H and O–H groups in total. The zero-order valence-electron chi connectivity index (χ0n) is 45.7. The molecule has 5 aliphatic rings. The number of nitrogens with zero attached hydrogens (tertiary/aromatic N) is 11. The molecule has 21 nitrogen and oxygen atoms in total. The molecule has 0 radical (unpaired) electrons. The summed E-state index contributed by atoms with van der Waals surface area (Å²) < 4.78 is 35.4. The number of ether oxygens (including phenoxy) is 1. The van der Waals surface area contributed by atoms with Crippen LogP contribution >= 0.6 is 0 Å². The predicted octanol–water partition coefficient (Wildman–Crippen LogP) is 6.69. The number of aromatic nitrogens is 5. The molecule has 0 spiro atoms. The maximum Gasteiger partial charge on any atom is 0.289 e. The predicted molar refractivity (Wildman–Crippen MR) is 305 cm³/mol. The average Bonchev–Trinajstić information content (AvgIpc) is 4.37. The molecule has 22 heteroatoms. The quantitative estimate of drug-likeness (QED) is 0.0790. The summed E-state index contributed by atoms with van der Waals surface area (Å²) in [5.41, 5.74) is 5.10. The zero-order chi connectivity index (χ0) is 55.8. The monoisotopic (exact) mass is 1110 g/mol. The van der Waals surface area contributed by atoms with Crippen molar-refractivity contribution in [3.05, 3.63) is 108 Å². The van der Waals surface area contributed by atoms with Crippen LogP contribution in [0.4, 0.5) is 34.5 Å². The number of piperidine rings is 2. The molecule has 420 valence electrons. The van der Waals surface area contributed by atoms with E-state index in [1.165, 1.54) is 17.2 Å². The van der Waals surface area contributed by atoms with Crippen molar-refractivity contribution >= 4 is 62.3 Å². The summed E-state index contributed by atoms with van der Waals surface area (Å²) in [6.45, 7) is 12.9. The standard InChI is InChI=1S/C58H69N13O8S/c1-5-39-31-45(50(73)33-49(39)72)52-63-64-54(55(74)60-41-13-14-41)70(52)42-15-11-37(12-16-42)35-66-27-29-67(30-28-66)36-38-19-23-69(24-20-38)56(75)40-21-25-68(26-22-40)43-17-18-46(51(32-43)79-6-2)61-58-59-34-48-53(62-58)71(80(4,77)78)47-10-8-7-9-44(47)57(76)65(48)3/h7-12,15-18,31-34,38,40-41,72-73H,5-6,13-14,19-30,35-36H2,1-4H3,(H,60,74)(H,59,61,62).